The van der Waals surface area contributed by atoms with Gasteiger partial charge in [0.15, 0.2) is 21.6 Å². The van der Waals surface area contributed by atoms with E-state index in [1.54, 1.807) is 31.2 Å². The van der Waals surface area contributed by atoms with Gasteiger partial charge in [-0.3, -0.25) is 14.5 Å². The number of ether oxygens (including phenoxy) is 2. The van der Waals surface area contributed by atoms with Crippen molar-refractivity contribution < 1.29 is 24.2 Å². The number of nitrogens with zero attached hydrogens (tertiary/aromatic N) is 5. The molecule has 4 heterocycles. The minimum Gasteiger partial charge on any atom is -0.505 e. The predicted molar refractivity (Wildman–Crippen MR) is 184 cm³/mol. The summed E-state index contributed by atoms with van der Waals surface area (Å²) in [5.41, 5.74) is 3.63. The zero-order valence-electron chi connectivity index (χ0n) is 25.8. The average Bonchev–Trinajstić information content (AvgIpc) is 3.75. The van der Waals surface area contributed by atoms with Crippen molar-refractivity contribution in [2.75, 3.05) is 18.1 Å². The number of imidazole rings is 1. The number of hydrogen-bond acceptors (Lipinski definition) is 10. The quantitative estimate of drug-likeness (QED) is 0.0380. The third-order valence-electron chi connectivity index (χ3n) is 7.60. The summed E-state index contributed by atoms with van der Waals surface area (Å²) in [6.07, 6.45) is 3.45. The Bertz CT molecular complexity index is 2060. The van der Waals surface area contributed by atoms with Crippen LogP contribution < -0.4 is 14.4 Å². The van der Waals surface area contributed by atoms with Gasteiger partial charge < -0.3 is 19.0 Å². The van der Waals surface area contributed by atoms with Crippen LogP contribution in [0.1, 0.15) is 41.0 Å². The molecule has 1 N–H and O–H groups in total. The van der Waals surface area contributed by atoms with Crippen LogP contribution in [-0.2, 0) is 15.3 Å². The number of fused-ring (bicyclic) bond motifs is 1. The molecule has 0 aliphatic carbocycles. The van der Waals surface area contributed by atoms with Gasteiger partial charge in [0.1, 0.15) is 17.9 Å². The Balaban J connectivity index is 1.47. The number of carbonyl (C=O) groups is 2. The van der Waals surface area contributed by atoms with Crippen LogP contribution in [-0.4, -0.2) is 49.6 Å². The number of aromatic nitrogens is 4. The third-order valence-corrected chi connectivity index (χ3v) is 10.1. The number of aliphatic hydroxyl groups excluding tert-OH is 1. The smallest absolute Gasteiger partial charge is 0.301 e. The second-order valence-corrected chi connectivity index (χ2v) is 13.2. The molecule has 47 heavy (non-hydrogen) atoms. The van der Waals surface area contributed by atoms with E-state index in [0.717, 1.165) is 11.1 Å². The number of rotatable bonds is 11. The second kappa shape index (κ2) is 13.6. The molecule has 10 nitrogen and oxygen atoms in total. The average molecular weight is 688 g/mol. The summed E-state index contributed by atoms with van der Waals surface area (Å²) in [7, 11) is 0. The molecule has 0 spiro atoms. The Morgan fingerprint density at radius 2 is 1.91 bits per heavy atom. The summed E-state index contributed by atoms with van der Waals surface area (Å²) in [5, 5.41) is 21.3. The van der Waals surface area contributed by atoms with Crippen LogP contribution in [0.15, 0.2) is 83.4 Å². The van der Waals surface area contributed by atoms with E-state index in [-0.39, 0.29) is 28.8 Å². The molecule has 5 aromatic rings. The number of aliphatic hydroxyl groups is 1. The fraction of sp³-hybridized carbons (Fsp3) is 0.206. The fourth-order valence-electron chi connectivity index (χ4n) is 5.36. The summed E-state index contributed by atoms with van der Waals surface area (Å²) in [5.74, 6) is -0.700. The van der Waals surface area contributed by atoms with E-state index in [1.165, 1.54) is 28.0 Å². The van der Waals surface area contributed by atoms with Gasteiger partial charge in [0.2, 0.25) is 5.13 Å². The first kappa shape index (κ1) is 32.3. The number of pyridine rings is 1. The van der Waals surface area contributed by atoms with Crippen molar-refractivity contribution >= 4 is 62.9 Å². The molecule has 1 unspecified atom stereocenters. The minimum absolute atomic E-state index is 0.123. The zero-order chi connectivity index (χ0) is 33.2. The first-order valence-corrected chi connectivity index (χ1v) is 16.9. The molecular weight excluding hydrogens is 658 g/mol. The van der Waals surface area contributed by atoms with Gasteiger partial charge in [-0.2, -0.15) is 0 Å². The van der Waals surface area contributed by atoms with Gasteiger partial charge in [-0.05, 0) is 61.7 Å². The molecule has 0 bridgehead atoms. The van der Waals surface area contributed by atoms with Crippen molar-refractivity contribution in [3.05, 3.63) is 112 Å². The van der Waals surface area contributed by atoms with E-state index in [2.05, 4.69) is 21.8 Å². The maximum atomic E-state index is 13.9. The number of halogens is 1. The monoisotopic (exact) mass is 687 g/mol. The van der Waals surface area contributed by atoms with E-state index < -0.39 is 17.7 Å². The van der Waals surface area contributed by atoms with Crippen molar-refractivity contribution in [1.29, 1.82) is 0 Å². The Morgan fingerprint density at radius 1 is 1.11 bits per heavy atom. The molecule has 1 amide bonds. The molecular formula is C34H30ClN5O5S2. The lowest BCUT2D eigenvalue weighted by molar-refractivity contribution is -0.132. The molecule has 1 fully saturated rings. The minimum atomic E-state index is -1.07. The summed E-state index contributed by atoms with van der Waals surface area (Å²) >= 11 is 8.92. The molecule has 3 aromatic heterocycles. The van der Waals surface area contributed by atoms with Crippen LogP contribution in [0.4, 0.5) is 5.13 Å². The van der Waals surface area contributed by atoms with Crippen molar-refractivity contribution in [3.8, 4) is 11.5 Å². The van der Waals surface area contributed by atoms with Crippen LogP contribution >= 0.6 is 34.7 Å². The fourth-order valence-corrected chi connectivity index (χ4v) is 7.52. The second-order valence-electron chi connectivity index (χ2n) is 10.6. The van der Waals surface area contributed by atoms with Crippen molar-refractivity contribution in [3.63, 3.8) is 0 Å². The number of ketones is 1. The van der Waals surface area contributed by atoms with Crippen molar-refractivity contribution in [1.82, 2.24) is 19.6 Å². The third kappa shape index (κ3) is 6.11. The lowest BCUT2D eigenvalue weighted by Crippen LogP contribution is -2.29. The highest BCUT2D eigenvalue weighted by Crippen LogP contribution is 2.46. The maximum absolute atomic E-state index is 13.9. The van der Waals surface area contributed by atoms with Gasteiger partial charge in [-0.25, -0.2) is 4.98 Å². The molecule has 1 saturated heterocycles. The van der Waals surface area contributed by atoms with Crippen molar-refractivity contribution in [2.45, 2.75) is 36.9 Å². The molecule has 1 aliphatic rings. The van der Waals surface area contributed by atoms with Crippen LogP contribution in [0.25, 0.3) is 11.4 Å². The van der Waals surface area contributed by atoms with Crippen molar-refractivity contribution in [2.24, 2.45) is 0 Å². The summed E-state index contributed by atoms with van der Waals surface area (Å²) < 4.78 is 14.1. The number of thioether (sulfide) groups is 1. The first-order chi connectivity index (χ1) is 22.7. The van der Waals surface area contributed by atoms with Crippen LogP contribution in [0.5, 0.6) is 11.5 Å². The Kier molecular flexibility index (Phi) is 9.35. The normalized spacial score (nSPS) is 15.8. The van der Waals surface area contributed by atoms with E-state index in [1.807, 2.05) is 60.8 Å². The maximum Gasteiger partial charge on any atom is 0.301 e. The summed E-state index contributed by atoms with van der Waals surface area (Å²) in [6, 6.07) is 15.4. The van der Waals surface area contributed by atoms with E-state index in [9.17, 15) is 14.7 Å². The van der Waals surface area contributed by atoms with Crippen LogP contribution in [0, 0.1) is 13.8 Å². The molecule has 6 rings (SSSR count). The summed E-state index contributed by atoms with van der Waals surface area (Å²) in [4.78, 5) is 33.7. The number of amides is 1. The van der Waals surface area contributed by atoms with Gasteiger partial charge in [0, 0.05) is 17.0 Å². The molecule has 1 aliphatic heterocycles. The number of aryl methyl sites for hydroxylation is 2. The van der Waals surface area contributed by atoms with E-state index in [0.29, 0.717) is 50.1 Å². The molecule has 0 radical (unpaired) electrons. The Labute approximate surface area is 284 Å². The Hall–Kier alpha value is -4.65. The van der Waals surface area contributed by atoms with E-state index >= 15 is 0 Å². The van der Waals surface area contributed by atoms with Crippen LogP contribution in [0.3, 0.4) is 0 Å². The first-order valence-electron chi connectivity index (χ1n) is 14.7. The molecule has 0 saturated carbocycles. The molecule has 2 aromatic carbocycles. The number of anilines is 1. The van der Waals surface area contributed by atoms with Gasteiger partial charge in [0.05, 0.1) is 23.9 Å². The van der Waals surface area contributed by atoms with Gasteiger partial charge in [-0.15, -0.1) is 10.2 Å². The summed E-state index contributed by atoms with van der Waals surface area (Å²) in [6.45, 7) is 9.85. The molecule has 13 heteroatoms. The number of benzene rings is 2. The van der Waals surface area contributed by atoms with E-state index in [4.69, 9.17) is 21.1 Å². The number of Topliss-reactive ketones (excluding diaryl/α,β-unsaturated/α-hetero) is 1. The topological polar surface area (TPSA) is 119 Å². The number of carbonyl (C=O) groups excluding carboxylic acids is 2. The van der Waals surface area contributed by atoms with Gasteiger partial charge >= 0.3 is 5.91 Å². The largest absolute Gasteiger partial charge is 0.505 e. The zero-order valence-corrected chi connectivity index (χ0v) is 28.2. The van der Waals surface area contributed by atoms with Gasteiger partial charge in [0.25, 0.3) is 5.78 Å². The Morgan fingerprint density at radius 3 is 2.66 bits per heavy atom. The SMILES string of the molecule is C=CCOc1ccc(C2/C(=C(\O)c3nc4c(C)cccn4c3C)C(=O)C(=O)N2c2nnc(SCc3ccccc3Cl)s2)cc1OCC. The predicted octanol–water partition coefficient (Wildman–Crippen LogP) is 7.34. The van der Waals surface area contributed by atoms with Gasteiger partial charge in [-0.1, -0.05) is 77.7 Å². The highest BCUT2D eigenvalue weighted by Gasteiger charge is 2.49. The highest BCUT2D eigenvalue weighted by atomic mass is 35.5. The lowest BCUT2D eigenvalue weighted by Gasteiger charge is -2.23. The lowest BCUT2D eigenvalue weighted by atomic mass is 9.96. The molecule has 1 atom stereocenters. The van der Waals surface area contributed by atoms with Crippen LogP contribution in [0.2, 0.25) is 5.02 Å². The standard InChI is InChI=1S/C34H30ClN5O5S2/c1-5-16-45-24-14-13-21(17-25(24)44-6-2)28-26(29(41)27-20(4)39-15-9-10-19(3)31(39)36-27)30(42)32(43)40(28)33-37-38-34(47-33)46-18-22-11-7-8-12-23(22)35/h5,7-15,17,28,41H,1,6,16,18H2,2-4H3/b29-26+. The number of hydrogen-bond donors (Lipinski definition) is 1. The molecule has 240 valence electrons. The highest BCUT2D eigenvalue weighted by molar-refractivity contribution is 8.00.